The summed E-state index contributed by atoms with van der Waals surface area (Å²) >= 11 is 12.4. The van der Waals surface area contributed by atoms with Gasteiger partial charge in [0, 0.05) is 32.7 Å². The number of anilines is 1. The number of halogens is 3. The SMILES string of the molecule is O=C(CCl)N1CCN2C(=O)c3c(N4CCOCC4)nc(-c4c(O)cccc4F)c(Cl)c3OC[C@H]2C1. The molecule has 186 valence electrons. The van der Waals surface area contributed by atoms with Gasteiger partial charge in [-0.3, -0.25) is 9.59 Å². The van der Waals surface area contributed by atoms with Crippen LogP contribution in [-0.4, -0.2) is 96.2 Å². The van der Waals surface area contributed by atoms with Crippen molar-refractivity contribution in [3.8, 4) is 22.8 Å². The molecular formula is C23H23Cl2FN4O5. The highest BCUT2D eigenvalue weighted by molar-refractivity contribution is 6.35. The first-order chi connectivity index (χ1) is 16.9. The molecule has 9 nitrogen and oxygen atoms in total. The van der Waals surface area contributed by atoms with Crippen molar-refractivity contribution in [1.29, 1.82) is 0 Å². The molecule has 5 rings (SSSR count). The smallest absolute Gasteiger partial charge is 0.261 e. The Kier molecular flexibility index (Phi) is 6.61. The molecule has 0 unspecified atom stereocenters. The van der Waals surface area contributed by atoms with Crippen molar-refractivity contribution < 1.29 is 28.6 Å². The van der Waals surface area contributed by atoms with Gasteiger partial charge in [0.2, 0.25) is 5.91 Å². The van der Waals surface area contributed by atoms with Gasteiger partial charge in [0.05, 0.1) is 24.8 Å². The Labute approximate surface area is 210 Å². The second-order valence-corrected chi connectivity index (χ2v) is 9.12. The summed E-state index contributed by atoms with van der Waals surface area (Å²) in [6.07, 6.45) is 0. The van der Waals surface area contributed by atoms with Crippen LogP contribution in [0.3, 0.4) is 0 Å². The lowest BCUT2D eigenvalue weighted by Crippen LogP contribution is -2.58. The highest BCUT2D eigenvalue weighted by Gasteiger charge is 2.41. The molecule has 2 fully saturated rings. The number of rotatable bonds is 3. The fourth-order valence-corrected chi connectivity index (χ4v) is 5.13. The van der Waals surface area contributed by atoms with Gasteiger partial charge in [-0.2, -0.15) is 0 Å². The summed E-state index contributed by atoms with van der Waals surface area (Å²) in [6, 6.07) is 3.49. The zero-order valence-electron chi connectivity index (χ0n) is 18.7. The van der Waals surface area contributed by atoms with E-state index in [0.29, 0.717) is 39.4 Å². The van der Waals surface area contributed by atoms with E-state index in [1.165, 1.54) is 18.2 Å². The number of piperazine rings is 1. The molecule has 1 aromatic heterocycles. The van der Waals surface area contributed by atoms with Crippen molar-refractivity contribution in [3.63, 3.8) is 0 Å². The number of morpholine rings is 1. The van der Waals surface area contributed by atoms with E-state index in [1.807, 2.05) is 4.90 Å². The molecule has 0 bridgehead atoms. The van der Waals surface area contributed by atoms with Gasteiger partial charge in [-0.1, -0.05) is 17.7 Å². The molecular weight excluding hydrogens is 502 g/mol. The van der Waals surface area contributed by atoms with Crippen LogP contribution in [0.2, 0.25) is 5.02 Å². The van der Waals surface area contributed by atoms with Gasteiger partial charge in [0.25, 0.3) is 5.91 Å². The number of fused-ring (bicyclic) bond motifs is 2. The van der Waals surface area contributed by atoms with Crippen LogP contribution >= 0.6 is 23.2 Å². The molecule has 0 spiro atoms. The van der Waals surface area contributed by atoms with Gasteiger partial charge < -0.3 is 29.3 Å². The lowest BCUT2D eigenvalue weighted by molar-refractivity contribution is -0.131. The topological polar surface area (TPSA) is 95.4 Å². The molecule has 2 saturated heterocycles. The number of nitrogens with zero attached hydrogens (tertiary/aromatic N) is 4. The summed E-state index contributed by atoms with van der Waals surface area (Å²) in [5.74, 6) is -1.37. The van der Waals surface area contributed by atoms with Gasteiger partial charge in [0.1, 0.15) is 46.2 Å². The first-order valence-corrected chi connectivity index (χ1v) is 12.1. The van der Waals surface area contributed by atoms with Gasteiger partial charge in [-0.25, -0.2) is 9.37 Å². The Morgan fingerprint density at radius 2 is 1.97 bits per heavy atom. The van der Waals surface area contributed by atoms with Gasteiger partial charge in [-0.05, 0) is 12.1 Å². The summed E-state index contributed by atoms with van der Waals surface area (Å²) in [7, 11) is 0. The molecule has 0 radical (unpaired) electrons. The Balaban J connectivity index is 1.64. The molecule has 0 saturated carbocycles. The van der Waals surface area contributed by atoms with E-state index in [1.54, 1.807) is 9.80 Å². The molecule has 2 amide bonds. The fraction of sp³-hybridized carbons (Fsp3) is 0.435. The summed E-state index contributed by atoms with van der Waals surface area (Å²) in [4.78, 5) is 35.7. The maximum atomic E-state index is 14.8. The highest BCUT2D eigenvalue weighted by atomic mass is 35.5. The number of alkyl halides is 1. The molecule has 35 heavy (non-hydrogen) atoms. The largest absolute Gasteiger partial charge is 0.507 e. The first kappa shape index (κ1) is 23.9. The maximum Gasteiger partial charge on any atom is 0.261 e. The van der Waals surface area contributed by atoms with Crippen LogP contribution in [0, 0.1) is 5.82 Å². The third-order valence-electron chi connectivity index (χ3n) is 6.46. The van der Waals surface area contributed by atoms with E-state index < -0.39 is 11.9 Å². The summed E-state index contributed by atoms with van der Waals surface area (Å²) in [5, 5.41) is 10.3. The fourth-order valence-electron chi connectivity index (χ4n) is 4.67. The molecule has 0 aliphatic carbocycles. The van der Waals surface area contributed by atoms with Crippen molar-refractivity contribution in [2.24, 2.45) is 0 Å². The van der Waals surface area contributed by atoms with Crippen molar-refractivity contribution >= 4 is 40.8 Å². The number of hydrogen-bond donors (Lipinski definition) is 1. The minimum atomic E-state index is -0.708. The van der Waals surface area contributed by atoms with Crippen LogP contribution in [0.25, 0.3) is 11.3 Å². The Hall–Kier alpha value is -2.82. The minimum Gasteiger partial charge on any atom is -0.507 e. The van der Waals surface area contributed by atoms with Crippen LogP contribution in [0.1, 0.15) is 10.4 Å². The zero-order valence-corrected chi connectivity index (χ0v) is 20.2. The summed E-state index contributed by atoms with van der Waals surface area (Å²) in [5.41, 5.74) is -0.0167. The van der Waals surface area contributed by atoms with Gasteiger partial charge in [-0.15, -0.1) is 11.6 Å². The molecule has 12 heteroatoms. The van der Waals surface area contributed by atoms with E-state index in [-0.39, 0.29) is 70.0 Å². The number of ether oxygens (including phenoxy) is 2. The van der Waals surface area contributed by atoms with Crippen LogP contribution in [0.15, 0.2) is 18.2 Å². The molecule has 1 N–H and O–H groups in total. The lowest BCUT2D eigenvalue weighted by atomic mass is 10.1. The third-order valence-corrected chi connectivity index (χ3v) is 7.04. The average molecular weight is 525 g/mol. The normalized spacial score (nSPS) is 20.1. The maximum absolute atomic E-state index is 14.8. The number of hydrogen-bond acceptors (Lipinski definition) is 7. The Bertz CT molecular complexity index is 1160. The van der Waals surface area contributed by atoms with Crippen molar-refractivity contribution in [2.45, 2.75) is 6.04 Å². The van der Waals surface area contributed by atoms with Crippen molar-refractivity contribution in [3.05, 3.63) is 34.6 Å². The lowest BCUT2D eigenvalue weighted by Gasteiger charge is -2.40. The zero-order chi connectivity index (χ0) is 24.7. The number of amides is 2. The minimum absolute atomic E-state index is 0.0193. The van der Waals surface area contributed by atoms with E-state index in [9.17, 15) is 19.1 Å². The van der Waals surface area contributed by atoms with Crippen LogP contribution < -0.4 is 9.64 Å². The molecule has 4 heterocycles. The van der Waals surface area contributed by atoms with E-state index in [4.69, 9.17) is 32.7 Å². The number of phenols is 1. The molecule has 2 aromatic rings. The summed E-state index contributed by atoms with van der Waals surface area (Å²) < 4.78 is 26.4. The molecule has 1 aromatic carbocycles. The quantitative estimate of drug-likeness (QED) is 0.615. The van der Waals surface area contributed by atoms with Crippen LogP contribution in [-0.2, 0) is 9.53 Å². The highest BCUT2D eigenvalue weighted by Crippen LogP contribution is 2.46. The molecule has 3 aliphatic heterocycles. The number of aromatic hydroxyl groups is 1. The number of phenolic OH excluding ortho intramolecular Hbond substituents is 1. The molecule has 3 aliphatic rings. The van der Waals surface area contributed by atoms with Gasteiger partial charge >= 0.3 is 0 Å². The monoisotopic (exact) mass is 524 g/mol. The predicted octanol–water partition coefficient (Wildman–Crippen LogP) is 2.37. The number of aromatic nitrogens is 1. The van der Waals surface area contributed by atoms with E-state index >= 15 is 0 Å². The van der Waals surface area contributed by atoms with E-state index in [2.05, 4.69) is 4.98 Å². The number of carbonyl (C=O) groups is 2. The number of pyridine rings is 1. The predicted molar refractivity (Wildman–Crippen MR) is 127 cm³/mol. The van der Waals surface area contributed by atoms with Crippen LogP contribution in [0.4, 0.5) is 10.2 Å². The van der Waals surface area contributed by atoms with Crippen LogP contribution in [0.5, 0.6) is 11.5 Å². The van der Waals surface area contributed by atoms with Crippen molar-refractivity contribution in [1.82, 2.24) is 14.8 Å². The van der Waals surface area contributed by atoms with E-state index in [0.717, 1.165) is 0 Å². The van der Waals surface area contributed by atoms with Gasteiger partial charge in [0.15, 0.2) is 5.75 Å². The summed E-state index contributed by atoms with van der Waals surface area (Å²) in [6.45, 7) is 2.75. The Morgan fingerprint density at radius 1 is 1.20 bits per heavy atom. The average Bonchev–Trinajstić information content (AvgIpc) is 3.02. The number of carbonyl (C=O) groups excluding carboxylic acids is 2. The third kappa shape index (κ3) is 4.23. The second-order valence-electron chi connectivity index (χ2n) is 8.47. The Morgan fingerprint density at radius 3 is 2.69 bits per heavy atom. The number of benzene rings is 1. The standard InChI is InChI=1S/C23H23Cl2FN4O5/c24-10-16(32)29-4-5-30-13(11-29)12-35-21-18(23(30)33)22(28-6-8-34-9-7-28)27-20(19(21)25)17-14(26)2-1-3-15(17)31/h1-3,13,31H,4-12H2/t13-/m1/s1. The molecule has 1 atom stereocenters. The second kappa shape index (κ2) is 9.67. The van der Waals surface area contributed by atoms with Crippen molar-refractivity contribution in [2.75, 3.05) is 63.3 Å². The first-order valence-electron chi connectivity index (χ1n) is 11.2.